The Labute approximate surface area is 239 Å². The summed E-state index contributed by atoms with van der Waals surface area (Å²) in [7, 11) is 0. The van der Waals surface area contributed by atoms with Crippen LogP contribution in [0.4, 0.5) is 5.00 Å². The molecule has 0 bridgehead atoms. The summed E-state index contributed by atoms with van der Waals surface area (Å²) in [6, 6.07) is 20.8. The van der Waals surface area contributed by atoms with Crippen molar-refractivity contribution >= 4 is 16.3 Å². The maximum atomic E-state index is 9.51. The van der Waals surface area contributed by atoms with Crippen LogP contribution in [-0.2, 0) is 11.3 Å². The maximum Gasteiger partial charge on any atom is 0.123 e. The number of anilines is 1. The lowest BCUT2D eigenvalue weighted by atomic mass is 10.00. The molecule has 0 unspecified atom stereocenters. The molecule has 2 heterocycles. The summed E-state index contributed by atoms with van der Waals surface area (Å²) in [5, 5.41) is 10.5. The second-order valence-electron chi connectivity index (χ2n) is 8.08. The van der Waals surface area contributed by atoms with Crippen molar-refractivity contribution in [1.29, 1.82) is 5.26 Å². The van der Waals surface area contributed by atoms with Crippen LogP contribution in [0.2, 0.25) is 0 Å². The van der Waals surface area contributed by atoms with E-state index in [1.54, 1.807) is 11.3 Å². The van der Waals surface area contributed by atoms with Gasteiger partial charge < -0.3 is 14.4 Å². The molecule has 4 nitrogen and oxygen atoms in total. The number of nitrogens with zero attached hydrogens (tertiary/aromatic N) is 2. The van der Waals surface area contributed by atoms with Crippen molar-refractivity contribution in [3.8, 4) is 22.9 Å². The van der Waals surface area contributed by atoms with E-state index in [4.69, 9.17) is 9.47 Å². The van der Waals surface area contributed by atoms with Gasteiger partial charge >= 0.3 is 0 Å². The third kappa shape index (κ3) is 8.93. The number of rotatable bonds is 5. The molecule has 0 saturated carbocycles. The minimum absolute atomic E-state index is 0.461. The Kier molecular flexibility index (Phi) is 12.1. The molecule has 0 amide bonds. The lowest BCUT2D eigenvalue weighted by Crippen LogP contribution is -2.36. The number of ether oxygens (including phenoxy) is 2. The van der Waals surface area contributed by atoms with E-state index in [1.165, 1.54) is 11.1 Å². The summed E-state index contributed by atoms with van der Waals surface area (Å²) in [6.07, 6.45) is 0. The van der Waals surface area contributed by atoms with Gasteiger partial charge in [0.05, 0.1) is 18.8 Å². The minimum atomic E-state index is 0.461. The van der Waals surface area contributed by atoms with E-state index >= 15 is 0 Å². The number of hydrogen-bond donors (Lipinski definition) is 0. The van der Waals surface area contributed by atoms with Crippen molar-refractivity contribution < 1.29 is 9.47 Å². The molecule has 0 spiro atoms. The van der Waals surface area contributed by atoms with E-state index in [9.17, 15) is 5.26 Å². The Bertz CT molecular complexity index is 1690. The molecule has 0 radical (unpaired) electrons. The fourth-order valence-electron chi connectivity index (χ4n) is 3.71. The first kappa shape index (κ1) is 29.3. The van der Waals surface area contributed by atoms with Crippen LogP contribution in [0.3, 0.4) is 0 Å². The SMILES string of the molecule is C=C=C=C=C=C=C=C=C=C=C=C.Cc1c(OCc2cc(C#N)c(N3CCOCC3)s2)cccc1-c1ccccc1. The molecule has 1 aliphatic heterocycles. The Morgan fingerprint density at radius 3 is 2.10 bits per heavy atom. The largest absolute Gasteiger partial charge is 0.488 e. The van der Waals surface area contributed by atoms with Crippen molar-refractivity contribution in [3.05, 3.63) is 141 Å². The van der Waals surface area contributed by atoms with Gasteiger partial charge in [0, 0.05) is 18.0 Å². The van der Waals surface area contributed by atoms with Gasteiger partial charge in [-0.3, -0.25) is 0 Å². The molecule has 194 valence electrons. The summed E-state index contributed by atoms with van der Waals surface area (Å²) in [4.78, 5) is 3.29. The number of nitriles is 1. The average Bonchev–Trinajstić information content (AvgIpc) is 3.43. The van der Waals surface area contributed by atoms with Crippen LogP contribution in [0.1, 0.15) is 16.0 Å². The first-order valence-electron chi connectivity index (χ1n) is 12.4. The zero-order chi connectivity index (χ0) is 28.4. The van der Waals surface area contributed by atoms with Crippen molar-refractivity contribution in [2.75, 3.05) is 31.2 Å². The van der Waals surface area contributed by atoms with Gasteiger partial charge in [-0.05, 0) is 94.8 Å². The number of thiophene rings is 1. The maximum absolute atomic E-state index is 9.51. The number of hydrogen-bond acceptors (Lipinski definition) is 5. The first-order valence-corrected chi connectivity index (χ1v) is 13.2. The van der Waals surface area contributed by atoms with Crippen molar-refractivity contribution in [2.24, 2.45) is 0 Å². The second-order valence-corrected chi connectivity index (χ2v) is 9.19. The minimum Gasteiger partial charge on any atom is -0.488 e. The summed E-state index contributed by atoms with van der Waals surface area (Å²) >= 11 is 1.64. The molecule has 1 aliphatic rings. The molecule has 1 aromatic heterocycles. The number of benzene rings is 2. The van der Waals surface area contributed by atoms with Crippen LogP contribution in [0.5, 0.6) is 5.75 Å². The normalized spacial score (nSPS) is 10.8. The molecule has 0 atom stereocenters. The van der Waals surface area contributed by atoms with Gasteiger partial charge in [0.25, 0.3) is 0 Å². The molecular formula is C35H26N2O2S. The van der Waals surface area contributed by atoms with E-state index < -0.39 is 0 Å². The van der Waals surface area contributed by atoms with Crippen molar-refractivity contribution in [1.82, 2.24) is 0 Å². The smallest absolute Gasteiger partial charge is 0.123 e. The van der Waals surface area contributed by atoms with E-state index in [2.05, 4.69) is 107 Å². The molecule has 1 saturated heterocycles. The van der Waals surface area contributed by atoms with Crippen LogP contribution >= 0.6 is 11.3 Å². The van der Waals surface area contributed by atoms with Crippen LogP contribution in [0.15, 0.2) is 125 Å². The molecule has 3 aromatic rings. The van der Waals surface area contributed by atoms with E-state index in [1.807, 2.05) is 36.4 Å². The standard InChI is InChI=1S/C23H22N2O2S.C12H4/c1-17-21(18-6-3-2-4-7-18)8-5-9-22(17)27-16-20-14-19(15-24)23(28-20)25-10-12-26-13-11-25;1-3-5-7-9-11-12-10-8-6-4-2/h2-9,14H,10-13,16H2,1H3;1-2H2. The Hall–Kier alpha value is -5.27. The first-order chi connectivity index (χ1) is 19.7. The number of morpholine rings is 1. The lowest BCUT2D eigenvalue weighted by Gasteiger charge is -2.27. The molecule has 2 aromatic carbocycles. The Morgan fingerprint density at radius 1 is 0.875 bits per heavy atom. The third-order valence-corrected chi connectivity index (χ3v) is 6.70. The highest BCUT2D eigenvalue weighted by Gasteiger charge is 2.18. The predicted molar refractivity (Wildman–Crippen MR) is 159 cm³/mol. The van der Waals surface area contributed by atoms with Crippen molar-refractivity contribution in [2.45, 2.75) is 13.5 Å². The zero-order valence-corrected chi connectivity index (χ0v) is 23.1. The fraction of sp³-hybridized carbons (Fsp3) is 0.171. The zero-order valence-electron chi connectivity index (χ0n) is 22.3. The molecular weight excluding hydrogens is 512 g/mol. The van der Waals surface area contributed by atoms with Gasteiger partial charge in [-0.2, -0.15) is 5.26 Å². The molecule has 0 N–H and O–H groups in total. The average molecular weight is 539 g/mol. The quantitative estimate of drug-likeness (QED) is 0.318. The highest BCUT2D eigenvalue weighted by atomic mass is 32.1. The highest BCUT2D eigenvalue weighted by Crippen LogP contribution is 2.34. The van der Waals surface area contributed by atoms with E-state index in [0.29, 0.717) is 19.8 Å². The van der Waals surface area contributed by atoms with E-state index in [0.717, 1.165) is 39.8 Å². The van der Waals surface area contributed by atoms with Crippen molar-refractivity contribution in [3.63, 3.8) is 0 Å². The molecule has 0 aliphatic carbocycles. The lowest BCUT2D eigenvalue weighted by molar-refractivity contribution is 0.123. The van der Waals surface area contributed by atoms with Crippen LogP contribution in [-0.4, -0.2) is 26.3 Å². The second kappa shape index (κ2) is 16.5. The summed E-state index contributed by atoms with van der Waals surface area (Å²) in [5.41, 5.74) is 28.6. The predicted octanol–water partition coefficient (Wildman–Crippen LogP) is 7.36. The Morgan fingerprint density at radius 2 is 1.50 bits per heavy atom. The van der Waals surface area contributed by atoms with Gasteiger partial charge in [0.1, 0.15) is 23.4 Å². The molecule has 1 fully saturated rings. The Balaban J connectivity index is 0.000000312. The molecule has 4 rings (SSSR count). The van der Waals surface area contributed by atoms with Gasteiger partial charge in [-0.1, -0.05) is 53.9 Å². The van der Waals surface area contributed by atoms with Gasteiger partial charge in [0.15, 0.2) is 0 Å². The summed E-state index contributed by atoms with van der Waals surface area (Å²) in [6.45, 7) is 12.2. The summed E-state index contributed by atoms with van der Waals surface area (Å²) in [5.74, 6) is 0.876. The fourth-order valence-corrected chi connectivity index (χ4v) is 4.78. The summed E-state index contributed by atoms with van der Waals surface area (Å²) < 4.78 is 11.6. The third-order valence-electron chi connectivity index (χ3n) is 5.54. The van der Waals surface area contributed by atoms with Crippen LogP contribution in [0, 0.1) is 18.3 Å². The highest BCUT2D eigenvalue weighted by molar-refractivity contribution is 7.16. The van der Waals surface area contributed by atoms with Gasteiger partial charge in [0.2, 0.25) is 0 Å². The molecule has 40 heavy (non-hydrogen) atoms. The topological polar surface area (TPSA) is 45.5 Å². The van der Waals surface area contributed by atoms with E-state index in [-0.39, 0.29) is 0 Å². The van der Waals surface area contributed by atoms with Crippen LogP contribution < -0.4 is 9.64 Å². The monoisotopic (exact) mass is 538 g/mol. The van der Waals surface area contributed by atoms with Gasteiger partial charge in [-0.25, -0.2) is 0 Å². The molecule has 5 heteroatoms. The van der Waals surface area contributed by atoms with Gasteiger partial charge in [-0.15, -0.1) is 11.3 Å². The van der Waals surface area contributed by atoms with Crippen LogP contribution in [0.25, 0.3) is 11.1 Å².